The number of nitrogens with zero attached hydrogens (tertiary/aromatic N) is 2. The van der Waals surface area contributed by atoms with E-state index in [-0.39, 0.29) is 0 Å². The van der Waals surface area contributed by atoms with E-state index in [0.29, 0.717) is 5.88 Å². The molecule has 0 amide bonds. The molecule has 0 saturated carbocycles. The number of benzene rings is 1. The highest BCUT2D eigenvalue weighted by Crippen LogP contribution is 2.12. The van der Waals surface area contributed by atoms with Crippen molar-refractivity contribution in [2.45, 2.75) is 0 Å². The Balaban J connectivity index is 2.78. The van der Waals surface area contributed by atoms with Gasteiger partial charge in [-0.05, 0) is 0 Å². The molecule has 0 aromatic heterocycles. The van der Waals surface area contributed by atoms with Gasteiger partial charge in [0.25, 0.3) is 0 Å². The molecule has 1 aromatic carbocycles. The number of nitrogens with two attached hydrogens (primary N) is 1. The van der Waals surface area contributed by atoms with Crippen LogP contribution in [0.5, 0.6) is 0 Å². The summed E-state index contributed by atoms with van der Waals surface area (Å²) in [4.78, 5) is 0. The SMILES string of the molecule is C=N/N=C(\SCNN)c1ccccc1. The monoisotopic (exact) mass is 208 g/mol. The van der Waals surface area contributed by atoms with Crippen LogP contribution in [0.4, 0.5) is 0 Å². The lowest BCUT2D eigenvalue weighted by Crippen LogP contribution is -2.21. The van der Waals surface area contributed by atoms with Crippen molar-refractivity contribution in [2.75, 3.05) is 5.88 Å². The number of rotatable bonds is 4. The lowest BCUT2D eigenvalue weighted by molar-refractivity contribution is 0.873. The highest BCUT2D eigenvalue weighted by molar-refractivity contribution is 8.14. The summed E-state index contributed by atoms with van der Waals surface area (Å²) in [5, 5.41) is 8.25. The minimum absolute atomic E-state index is 0.587. The Kier molecular flexibility index (Phi) is 4.92. The number of hydrazine groups is 1. The maximum Gasteiger partial charge on any atom is 0.127 e. The molecule has 0 atom stereocenters. The lowest BCUT2D eigenvalue weighted by Gasteiger charge is -2.03. The molecule has 4 nitrogen and oxygen atoms in total. The van der Waals surface area contributed by atoms with Crippen molar-refractivity contribution in [3.63, 3.8) is 0 Å². The lowest BCUT2D eigenvalue weighted by atomic mass is 10.2. The van der Waals surface area contributed by atoms with E-state index in [1.165, 1.54) is 11.8 Å². The zero-order chi connectivity index (χ0) is 10.2. The first-order chi connectivity index (χ1) is 6.88. The van der Waals surface area contributed by atoms with Gasteiger partial charge in [-0.15, -0.1) is 5.10 Å². The van der Waals surface area contributed by atoms with Crippen LogP contribution in [0, 0.1) is 0 Å². The molecule has 0 aliphatic heterocycles. The van der Waals surface area contributed by atoms with Gasteiger partial charge in [-0.2, -0.15) is 5.10 Å². The third-order valence-electron chi connectivity index (χ3n) is 1.47. The van der Waals surface area contributed by atoms with Gasteiger partial charge in [0.15, 0.2) is 0 Å². The smallest absolute Gasteiger partial charge is 0.127 e. The molecule has 74 valence electrons. The van der Waals surface area contributed by atoms with Crippen LogP contribution in [0.25, 0.3) is 0 Å². The predicted molar refractivity (Wildman–Crippen MR) is 62.3 cm³/mol. The normalized spacial score (nSPS) is 11.4. The summed E-state index contributed by atoms with van der Waals surface area (Å²) >= 11 is 1.48. The van der Waals surface area contributed by atoms with E-state index in [0.717, 1.165) is 10.6 Å². The fraction of sp³-hybridized carbons (Fsp3) is 0.111. The summed E-state index contributed by atoms with van der Waals surface area (Å²) in [6.07, 6.45) is 0. The summed E-state index contributed by atoms with van der Waals surface area (Å²) in [7, 11) is 0. The number of hydrogen-bond donors (Lipinski definition) is 2. The first-order valence-electron chi connectivity index (χ1n) is 4.04. The van der Waals surface area contributed by atoms with E-state index >= 15 is 0 Å². The molecular formula is C9H12N4S. The largest absolute Gasteiger partial charge is 0.271 e. The van der Waals surface area contributed by atoms with Crippen molar-refractivity contribution in [3.05, 3.63) is 35.9 Å². The van der Waals surface area contributed by atoms with Gasteiger partial charge in [0.1, 0.15) is 5.04 Å². The quantitative estimate of drug-likeness (QED) is 0.257. The van der Waals surface area contributed by atoms with E-state index in [1.54, 1.807) is 0 Å². The molecule has 0 fully saturated rings. The van der Waals surface area contributed by atoms with Crippen LogP contribution >= 0.6 is 11.8 Å². The van der Waals surface area contributed by atoms with Gasteiger partial charge >= 0.3 is 0 Å². The fourth-order valence-electron chi connectivity index (χ4n) is 0.925. The first-order valence-corrected chi connectivity index (χ1v) is 5.02. The molecule has 0 radical (unpaired) electrons. The Morgan fingerprint density at radius 3 is 2.71 bits per heavy atom. The van der Waals surface area contributed by atoms with Crippen LogP contribution < -0.4 is 11.3 Å². The Hall–Kier alpha value is -1.17. The van der Waals surface area contributed by atoms with Crippen molar-refractivity contribution >= 4 is 23.5 Å². The van der Waals surface area contributed by atoms with Crippen molar-refractivity contribution < 1.29 is 0 Å². The second kappa shape index (κ2) is 6.31. The number of thioether (sulfide) groups is 1. The molecule has 0 heterocycles. The summed E-state index contributed by atoms with van der Waals surface area (Å²) in [6, 6.07) is 9.78. The Labute approximate surface area is 87.3 Å². The zero-order valence-electron chi connectivity index (χ0n) is 7.68. The highest BCUT2D eigenvalue weighted by Gasteiger charge is 2.02. The molecule has 0 aliphatic carbocycles. The second-order valence-electron chi connectivity index (χ2n) is 2.41. The number of nitrogens with one attached hydrogen (secondary N) is 1. The van der Waals surface area contributed by atoms with Crippen LogP contribution in [0.3, 0.4) is 0 Å². The van der Waals surface area contributed by atoms with Gasteiger partial charge in [-0.1, -0.05) is 42.1 Å². The van der Waals surface area contributed by atoms with E-state index in [9.17, 15) is 0 Å². The van der Waals surface area contributed by atoms with E-state index in [2.05, 4.69) is 22.3 Å². The molecule has 0 spiro atoms. The second-order valence-corrected chi connectivity index (χ2v) is 3.37. The van der Waals surface area contributed by atoms with Crippen molar-refractivity contribution in [2.24, 2.45) is 16.0 Å². The van der Waals surface area contributed by atoms with Gasteiger partial charge < -0.3 is 0 Å². The van der Waals surface area contributed by atoms with E-state index in [4.69, 9.17) is 5.84 Å². The molecule has 0 saturated heterocycles. The molecule has 0 aliphatic rings. The van der Waals surface area contributed by atoms with Crippen LogP contribution in [0.1, 0.15) is 5.56 Å². The Morgan fingerprint density at radius 1 is 1.43 bits per heavy atom. The average Bonchev–Trinajstić information content (AvgIpc) is 2.25. The van der Waals surface area contributed by atoms with Crippen molar-refractivity contribution in [3.8, 4) is 0 Å². The topological polar surface area (TPSA) is 62.8 Å². The highest BCUT2D eigenvalue weighted by atomic mass is 32.2. The zero-order valence-corrected chi connectivity index (χ0v) is 8.50. The Bertz CT molecular complexity index is 310. The minimum atomic E-state index is 0.587. The Morgan fingerprint density at radius 2 is 2.14 bits per heavy atom. The molecule has 5 heteroatoms. The van der Waals surface area contributed by atoms with Gasteiger partial charge in [0.05, 0.1) is 5.88 Å². The molecule has 14 heavy (non-hydrogen) atoms. The molecular weight excluding hydrogens is 196 g/mol. The van der Waals surface area contributed by atoms with E-state index < -0.39 is 0 Å². The molecule has 0 unspecified atom stereocenters. The van der Waals surface area contributed by atoms with Gasteiger partial charge in [0.2, 0.25) is 0 Å². The summed E-state index contributed by atoms with van der Waals surface area (Å²) < 4.78 is 0. The third kappa shape index (κ3) is 3.29. The molecule has 0 bridgehead atoms. The summed E-state index contributed by atoms with van der Waals surface area (Å²) in [6.45, 7) is 3.33. The summed E-state index contributed by atoms with van der Waals surface area (Å²) in [5.74, 6) is 5.77. The van der Waals surface area contributed by atoms with Gasteiger partial charge in [0, 0.05) is 12.3 Å². The standard InChI is InChI=1S/C9H12N4S/c1-11-13-9(14-7-12-10)8-5-3-2-4-6-8/h2-6,12H,1,7,10H2/b13-9-. The molecule has 3 N–H and O–H groups in total. The number of hydrogen-bond acceptors (Lipinski definition) is 5. The van der Waals surface area contributed by atoms with E-state index in [1.807, 2.05) is 30.3 Å². The molecule has 1 aromatic rings. The van der Waals surface area contributed by atoms with Crippen LogP contribution in [-0.2, 0) is 0 Å². The van der Waals surface area contributed by atoms with Crippen LogP contribution in [0.15, 0.2) is 40.5 Å². The van der Waals surface area contributed by atoms with Crippen LogP contribution in [0.2, 0.25) is 0 Å². The van der Waals surface area contributed by atoms with Gasteiger partial charge in [-0.25, -0.2) is 0 Å². The van der Waals surface area contributed by atoms with Crippen molar-refractivity contribution in [1.82, 2.24) is 5.43 Å². The fourth-order valence-corrected chi connectivity index (χ4v) is 1.56. The first kappa shape index (κ1) is 10.9. The minimum Gasteiger partial charge on any atom is -0.271 e. The van der Waals surface area contributed by atoms with Crippen LogP contribution in [-0.4, -0.2) is 17.6 Å². The maximum absolute atomic E-state index is 5.18. The predicted octanol–water partition coefficient (Wildman–Crippen LogP) is 1.20. The third-order valence-corrected chi connectivity index (χ3v) is 2.38. The molecule has 1 rings (SSSR count). The summed E-state index contributed by atoms with van der Waals surface area (Å²) in [5.41, 5.74) is 3.56. The van der Waals surface area contributed by atoms with Gasteiger partial charge in [-0.3, -0.25) is 11.3 Å². The average molecular weight is 208 g/mol. The maximum atomic E-state index is 5.18. The van der Waals surface area contributed by atoms with Crippen molar-refractivity contribution in [1.29, 1.82) is 0 Å².